The normalized spacial score (nSPS) is 15.1. The molecule has 1 aliphatic heterocycles. The molecule has 2 N–H and O–H groups in total. The standard InChI is InChI=1S/C22H29ClN4O3/c1-2-29-22(28)27-13-10-19(11-14-27)26-21(24-12-9-20-4-3-15-30-20)25-16-17-5-7-18(23)8-6-17/h3-8,15,19H,2,9-14,16H2,1H3,(H2,24,25,26). The number of amides is 1. The van der Waals surface area contributed by atoms with Gasteiger partial charge in [0.2, 0.25) is 0 Å². The molecule has 7 nitrogen and oxygen atoms in total. The Labute approximate surface area is 182 Å². The number of carbonyl (C=O) groups excluding carboxylic acids is 1. The summed E-state index contributed by atoms with van der Waals surface area (Å²) in [6, 6.07) is 11.8. The van der Waals surface area contributed by atoms with E-state index >= 15 is 0 Å². The fourth-order valence-electron chi connectivity index (χ4n) is 3.29. The summed E-state index contributed by atoms with van der Waals surface area (Å²) in [6.45, 7) is 4.83. The van der Waals surface area contributed by atoms with Gasteiger partial charge in [0.1, 0.15) is 5.76 Å². The summed E-state index contributed by atoms with van der Waals surface area (Å²) in [5.74, 6) is 1.69. The zero-order chi connectivity index (χ0) is 21.2. The first kappa shape index (κ1) is 22.0. The van der Waals surface area contributed by atoms with Crippen LogP contribution in [0.3, 0.4) is 0 Å². The molecule has 30 heavy (non-hydrogen) atoms. The third-order valence-corrected chi connectivity index (χ3v) is 5.19. The molecule has 0 unspecified atom stereocenters. The number of halogens is 1. The third-order valence-electron chi connectivity index (χ3n) is 4.94. The van der Waals surface area contributed by atoms with E-state index in [9.17, 15) is 4.79 Å². The molecule has 162 valence electrons. The van der Waals surface area contributed by atoms with Crippen molar-refractivity contribution in [2.45, 2.75) is 38.8 Å². The van der Waals surface area contributed by atoms with Gasteiger partial charge in [0, 0.05) is 37.1 Å². The summed E-state index contributed by atoms with van der Waals surface area (Å²) in [4.78, 5) is 18.4. The minimum atomic E-state index is -0.232. The van der Waals surface area contributed by atoms with Crippen molar-refractivity contribution in [2.24, 2.45) is 4.99 Å². The van der Waals surface area contributed by atoms with Gasteiger partial charge < -0.3 is 24.7 Å². The van der Waals surface area contributed by atoms with E-state index in [-0.39, 0.29) is 12.1 Å². The van der Waals surface area contributed by atoms with E-state index in [1.54, 1.807) is 11.2 Å². The van der Waals surface area contributed by atoms with E-state index in [2.05, 4.69) is 10.6 Å². The van der Waals surface area contributed by atoms with Crippen LogP contribution in [0.2, 0.25) is 5.02 Å². The van der Waals surface area contributed by atoms with Crippen LogP contribution in [-0.4, -0.2) is 49.2 Å². The Kier molecular flexibility index (Phi) is 8.44. The minimum Gasteiger partial charge on any atom is -0.469 e. The van der Waals surface area contributed by atoms with Crippen molar-refractivity contribution < 1.29 is 13.9 Å². The molecule has 1 amide bonds. The number of carbonyl (C=O) groups is 1. The van der Waals surface area contributed by atoms with Gasteiger partial charge in [-0.05, 0) is 49.6 Å². The highest BCUT2D eigenvalue weighted by molar-refractivity contribution is 6.30. The van der Waals surface area contributed by atoms with E-state index in [0.29, 0.717) is 37.8 Å². The quantitative estimate of drug-likeness (QED) is 0.513. The van der Waals surface area contributed by atoms with Crippen LogP contribution in [0.4, 0.5) is 4.79 Å². The number of aliphatic imine (C=N–C) groups is 1. The van der Waals surface area contributed by atoms with Crippen LogP contribution in [-0.2, 0) is 17.7 Å². The lowest BCUT2D eigenvalue weighted by molar-refractivity contribution is 0.0963. The molecule has 1 aromatic heterocycles. The first-order chi connectivity index (χ1) is 14.6. The van der Waals surface area contributed by atoms with Crippen LogP contribution in [0.5, 0.6) is 0 Å². The molecule has 2 heterocycles. The lowest BCUT2D eigenvalue weighted by Crippen LogP contribution is -2.50. The monoisotopic (exact) mass is 432 g/mol. The maximum Gasteiger partial charge on any atom is 0.409 e. The van der Waals surface area contributed by atoms with Crippen molar-refractivity contribution in [2.75, 3.05) is 26.2 Å². The van der Waals surface area contributed by atoms with Crippen molar-refractivity contribution in [3.05, 3.63) is 59.0 Å². The maximum atomic E-state index is 11.9. The van der Waals surface area contributed by atoms with Crippen LogP contribution >= 0.6 is 11.6 Å². The smallest absolute Gasteiger partial charge is 0.409 e. The summed E-state index contributed by atoms with van der Waals surface area (Å²) < 4.78 is 10.5. The van der Waals surface area contributed by atoms with Crippen molar-refractivity contribution in [3.63, 3.8) is 0 Å². The Balaban J connectivity index is 1.55. The van der Waals surface area contributed by atoms with Gasteiger partial charge in [-0.3, -0.25) is 0 Å². The van der Waals surface area contributed by atoms with E-state index in [4.69, 9.17) is 25.7 Å². The fourth-order valence-corrected chi connectivity index (χ4v) is 3.41. The average molecular weight is 433 g/mol. The highest BCUT2D eigenvalue weighted by Crippen LogP contribution is 2.13. The van der Waals surface area contributed by atoms with E-state index in [1.807, 2.05) is 43.3 Å². The Morgan fingerprint density at radius 1 is 1.27 bits per heavy atom. The topological polar surface area (TPSA) is 79.1 Å². The van der Waals surface area contributed by atoms with E-state index < -0.39 is 0 Å². The van der Waals surface area contributed by atoms with Gasteiger partial charge in [0.15, 0.2) is 5.96 Å². The lowest BCUT2D eigenvalue weighted by atomic mass is 10.1. The van der Waals surface area contributed by atoms with Crippen LogP contribution < -0.4 is 10.6 Å². The largest absolute Gasteiger partial charge is 0.469 e. The molecule has 0 radical (unpaired) electrons. The maximum absolute atomic E-state index is 11.9. The predicted molar refractivity (Wildman–Crippen MR) is 118 cm³/mol. The molecule has 0 aliphatic carbocycles. The molecular formula is C22H29ClN4O3. The molecule has 0 atom stereocenters. The molecule has 0 saturated carbocycles. The summed E-state index contributed by atoms with van der Waals surface area (Å²) in [5.41, 5.74) is 1.09. The molecule has 1 saturated heterocycles. The van der Waals surface area contributed by atoms with Crippen molar-refractivity contribution in [3.8, 4) is 0 Å². The number of ether oxygens (including phenoxy) is 1. The van der Waals surface area contributed by atoms with Gasteiger partial charge in [0.25, 0.3) is 0 Å². The number of benzene rings is 1. The number of guanidine groups is 1. The zero-order valence-electron chi connectivity index (χ0n) is 17.3. The summed E-state index contributed by atoms with van der Waals surface area (Å²) >= 11 is 5.97. The zero-order valence-corrected chi connectivity index (χ0v) is 18.0. The van der Waals surface area contributed by atoms with E-state index in [0.717, 1.165) is 36.5 Å². The molecule has 1 fully saturated rings. The first-order valence-electron chi connectivity index (χ1n) is 10.4. The van der Waals surface area contributed by atoms with Crippen LogP contribution in [0.25, 0.3) is 0 Å². The van der Waals surface area contributed by atoms with Crippen molar-refractivity contribution >= 4 is 23.7 Å². The molecule has 8 heteroatoms. The Morgan fingerprint density at radius 3 is 2.70 bits per heavy atom. The van der Waals surface area contributed by atoms with Crippen molar-refractivity contribution in [1.29, 1.82) is 0 Å². The number of hydrogen-bond donors (Lipinski definition) is 2. The van der Waals surface area contributed by atoms with Crippen LogP contribution in [0, 0.1) is 0 Å². The summed E-state index contributed by atoms with van der Waals surface area (Å²) in [6.07, 6.45) is 3.91. The second kappa shape index (κ2) is 11.5. The van der Waals surface area contributed by atoms with E-state index in [1.165, 1.54) is 0 Å². The Hall–Kier alpha value is -2.67. The van der Waals surface area contributed by atoms with Crippen LogP contribution in [0.1, 0.15) is 31.1 Å². The molecule has 2 aromatic rings. The number of likely N-dealkylation sites (tertiary alicyclic amines) is 1. The number of piperidine rings is 1. The molecule has 1 aliphatic rings. The molecule has 0 bridgehead atoms. The fraction of sp³-hybridized carbons (Fsp3) is 0.455. The number of hydrogen-bond acceptors (Lipinski definition) is 4. The summed E-state index contributed by atoms with van der Waals surface area (Å²) in [5, 5.41) is 7.62. The average Bonchev–Trinajstić information content (AvgIpc) is 3.27. The SMILES string of the molecule is CCOC(=O)N1CCC(NC(=NCc2ccc(Cl)cc2)NCCc2ccco2)CC1. The summed E-state index contributed by atoms with van der Waals surface area (Å²) in [7, 11) is 0. The molecule has 3 rings (SSSR count). The molecular weight excluding hydrogens is 404 g/mol. The highest BCUT2D eigenvalue weighted by atomic mass is 35.5. The van der Waals surface area contributed by atoms with Gasteiger partial charge in [-0.15, -0.1) is 0 Å². The van der Waals surface area contributed by atoms with Gasteiger partial charge in [-0.2, -0.15) is 0 Å². The Morgan fingerprint density at radius 2 is 2.03 bits per heavy atom. The Bertz CT molecular complexity index is 800. The molecule has 0 spiro atoms. The van der Waals surface area contributed by atoms with Gasteiger partial charge >= 0.3 is 6.09 Å². The molecule has 1 aromatic carbocycles. The second-order valence-corrected chi connectivity index (χ2v) is 7.59. The number of nitrogens with zero attached hydrogens (tertiary/aromatic N) is 2. The second-order valence-electron chi connectivity index (χ2n) is 7.15. The van der Waals surface area contributed by atoms with Gasteiger partial charge in [-0.1, -0.05) is 23.7 Å². The minimum absolute atomic E-state index is 0.232. The first-order valence-corrected chi connectivity index (χ1v) is 10.7. The number of nitrogens with one attached hydrogen (secondary N) is 2. The van der Waals surface area contributed by atoms with Gasteiger partial charge in [0.05, 0.1) is 19.4 Å². The lowest BCUT2D eigenvalue weighted by Gasteiger charge is -2.32. The number of furan rings is 1. The third kappa shape index (κ3) is 6.99. The van der Waals surface area contributed by atoms with Crippen molar-refractivity contribution in [1.82, 2.24) is 15.5 Å². The highest BCUT2D eigenvalue weighted by Gasteiger charge is 2.24. The van der Waals surface area contributed by atoms with Crippen LogP contribution in [0.15, 0.2) is 52.1 Å². The van der Waals surface area contributed by atoms with Gasteiger partial charge in [-0.25, -0.2) is 9.79 Å². The predicted octanol–water partition coefficient (Wildman–Crippen LogP) is 3.83. The number of rotatable bonds is 7.